The maximum absolute atomic E-state index is 9.09. The van der Waals surface area contributed by atoms with Crippen LogP contribution in [-0.4, -0.2) is 95.7 Å². The molecule has 1 aromatic carbocycles. The van der Waals surface area contributed by atoms with Gasteiger partial charge >= 0.3 is 0 Å². The van der Waals surface area contributed by atoms with Crippen LogP contribution < -0.4 is 14.7 Å². The van der Waals surface area contributed by atoms with Crippen LogP contribution in [0, 0.1) is 0 Å². The number of anilines is 3. The van der Waals surface area contributed by atoms with Gasteiger partial charge in [-0.05, 0) is 24.3 Å². The molecule has 2 aliphatic rings. The summed E-state index contributed by atoms with van der Waals surface area (Å²) in [5.41, 5.74) is 1.86. The molecular formula is C22H28N8O. The van der Waals surface area contributed by atoms with E-state index >= 15 is 0 Å². The van der Waals surface area contributed by atoms with Crippen molar-refractivity contribution < 1.29 is 5.11 Å². The molecule has 3 aromatic rings. The van der Waals surface area contributed by atoms with Crippen molar-refractivity contribution in [3.05, 3.63) is 42.6 Å². The fourth-order valence-corrected chi connectivity index (χ4v) is 4.26. The van der Waals surface area contributed by atoms with Gasteiger partial charge in [0.15, 0.2) is 11.6 Å². The number of piperazine rings is 2. The van der Waals surface area contributed by atoms with E-state index in [1.807, 2.05) is 30.5 Å². The Balaban J connectivity index is 1.18. The number of β-amino-alcohol motifs (C(OH)–C–C–N with tert-alkyl or cyclic N) is 1. The van der Waals surface area contributed by atoms with Crippen LogP contribution in [0.2, 0.25) is 0 Å². The monoisotopic (exact) mass is 420 g/mol. The van der Waals surface area contributed by atoms with Crippen LogP contribution in [0.5, 0.6) is 0 Å². The number of hydrogen-bond donors (Lipinski definition) is 1. The number of aliphatic hydroxyl groups is 1. The van der Waals surface area contributed by atoms with E-state index in [-0.39, 0.29) is 6.61 Å². The Kier molecular flexibility index (Phi) is 5.77. The highest BCUT2D eigenvalue weighted by Crippen LogP contribution is 2.21. The van der Waals surface area contributed by atoms with E-state index in [1.165, 1.54) is 0 Å². The molecule has 0 aliphatic carbocycles. The van der Waals surface area contributed by atoms with Gasteiger partial charge in [-0.3, -0.25) is 9.88 Å². The molecule has 2 aromatic heterocycles. The Morgan fingerprint density at radius 3 is 1.81 bits per heavy atom. The van der Waals surface area contributed by atoms with Crippen LogP contribution in [0.1, 0.15) is 0 Å². The van der Waals surface area contributed by atoms with Crippen molar-refractivity contribution >= 4 is 28.5 Å². The highest BCUT2D eigenvalue weighted by Gasteiger charge is 2.21. The molecule has 31 heavy (non-hydrogen) atoms. The summed E-state index contributed by atoms with van der Waals surface area (Å²) in [7, 11) is 0. The summed E-state index contributed by atoms with van der Waals surface area (Å²) < 4.78 is 0. The third kappa shape index (κ3) is 4.38. The molecule has 5 rings (SSSR count). The smallest absolute Gasteiger partial charge is 0.151 e. The molecule has 2 aliphatic heterocycles. The minimum Gasteiger partial charge on any atom is -0.395 e. The first-order valence-corrected chi connectivity index (χ1v) is 10.9. The zero-order valence-corrected chi connectivity index (χ0v) is 17.6. The first kappa shape index (κ1) is 19.9. The highest BCUT2D eigenvalue weighted by molar-refractivity contribution is 5.75. The van der Waals surface area contributed by atoms with Gasteiger partial charge in [-0.1, -0.05) is 12.1 Å². The van der Waals surface area contributed by atoms with E-state index in [0.29, 0.717) is 0 Å². The van der Waals surface area contributed by atoms with E-state index < -0.39 is 0 Å². The molecule has 2 fully saturated rings. The van der Waals surface area contributed by atoms with Gasteiger partial charge in [0.05, 0.1) is 23.8 Å². The molecule has 9 heteroatoms. The molecular weight excluding hydrogens is 392 g/mol. The molecule has 0 amide bonds. The lowest BCUT2D eigenvalue weighted by molar-refractivity contribution is 0.188. The Morgan fingerprint density at radius 2 is 1.23 bits per heavy atom. The maximum Gasteiger partial charge on any atom is 0.151 e. The summed E-state index contributed by atoms with van der Waals surface area (Å²) in [5.74, 6) is 2.78. The average Bonchev–Trinajstić information content (AvgIpc) is 2.85. The van der Waals surface area contributed by atoms with Gasteiger partial charge in [0, 0.05) is 58.9 Å². The second-order valence-corrected chi connectivity index (χ2v) is 7.99. The summed E-state index contributed by atoms with van der Waals surface area (Å²) in [6, 6.07) is 12.1. The van der Waals surface area contributed by atoms with E-state index in [9.17, 15) is 0 Å². The number of para-hydroxylation sites is 2. The van der Waals surface area contributed by atoms with Gasteiger partial charge < -0.3 is 19.8 Å². The molecule has 0 radical (unpaired) electrons. The maximum atomic E-state index is 9.09. The standard InChI is InChI=1S/C22H28N8O/c31-16-15-27-7-9-28(10-8-27)20-5-6-21(26-25-20)29-11-13-30(14-12-29)22-17-23-18-3-1-2-4-19(18)24-22/h1-6,17,31H,7-16H2. The first-order valence-electron chi connectivity index (χ1n) is 10.9. The average molecular weight is 421 g/mol. The molecule has 4 heterocycles. The molecule has 9 nitrogen and oxygen atoms in total. The predicted octanol–water partition coefficient (Wildman–Crippen LogP) is 0.861. The fourth-order valence-electron chi connectivity index (χ4n) is 4.26. The minimum absolute atomic E-state index is 0.217. The lowest BCUT2D eigenvalue weighted by Gasteiger charge is -2.36. The molecule has 0 unspecified atom stereocenters. The number of aliphatic hydroxyl groups excluding tert-OH is 1. The van der Waals surface area contributed by atoms with Crippen LogP contribution in [0.25, 0.3) is 11.0 Å². The number of benzene rings is 1. The molecule has 0 spiro atoms. The number of rotatable bonds is 5. The van der Waals surface area contributed by atoms with Crippen molar-refractivity contribution in [1.29, 1.82) is 0 Å². The zero-order chi connectivity index (χ0) is 21.0. The minimum atomic E-state index is 0.217. The number of fused-ring (bicyclic) bond motifs is 1. The van der Waals surface area contributed by atoms with Crippen LogP contribution in [-0.2, 0) is 0 Å². The van der Waals surface area contributed by atoms with Crippen molar-refractivity contribution in [2.45, 2.75) is 0 Å². The molecule has 0 atom stereocenters. The van der Waals surface area contributed by atoms with E-state index in [4.69, 9.17) is 10.1 Å². The Morgan fingerprint density at radius 1 is 0.677 bits per heavy atom. The molecule has 0 bridgehead atoms. The summed E-state index contributed by atoms with van der Waals surface area (Å²) in [6.07, 6.45) is 1.87. The van der Waals surface area contributed by atoms with E-state index in [1.54, 1.807) is 0 Å². The summed E-state index contributed by atoms with van der Waals surface area (Å²) in [5, 5.41) is 18.1. The SMILES string of the molecule is OCCN1CCN(c2ccc(N3CCN(c4cnc5ccccc5n4)CC3)nn2)CC1. The van der Waals surface area contributed by atoms with Gasteiger partial charge in [-0.25, -0.2) is 4.98 Å². The van der Waals surface area contributed by atoms with Gasteiger partial charge in [-0.2, -0.15) is 0 Å². The fraction of sp³-hybridized carbons (Fsp3) is 0.455. The second kappa shape index (κ2) is 8.99. The van der Waals surface area contributed by atoms with Gasteiger partial charge in [-0.15, -0.1) is 10.2 Å². The van der Waals surface area contributed by atoms with Crippen LogP contribution in [0.4, 0.5) is 17.5 Å². The second-order valence-electron chi connectivity index (χ2n) is 7.99. The molecule has 1 N–H and O–H groups in total. The van der Waals surface area contributed by atoms with Crippen molar-refractivity contribution in [3.8, 4) is 0 Å². The molecule has 2 saturated heterocycles. The van der Waals surface area contributed by atoms with Gasteiger partial charge in [0.1, 0.15) is 5.82 Å². The van der Waals surface area contributed by atoms with Crippen molar-refractivity contribution in [1.82, 2.24) is 25.1 Å². The third-order valence-corrected chi connectivity index (χ3v) is 6.11. The largest absolute Gasteiger partial charge is 0.395 e. The molecule has 162 valence electrons. The van der Waals surface area contributed by atoms with Crippen molar-refractivity contribution in [2.75, 3.05) is 80.2 Å². The molecule has 0 saturated carbocycles. The quantitative estimate of drug-likeness (QED) is 0.646. The summed E-state index contributed by atoms with van der Waals surface area (Å²) >= 11 is 0. The zero-order valence-electron chi connectivity index (χ0n) is 17.6. The van der Waals surface area contributed by atoms with Crippen LogP contribution in [0.3, 0.4) is 0 Å². The summed E-state index contributed by atoms with van der Waals surface area (Å²) in [4.78, 5) is 18.4. The van der Waals surface area contributed by atoms with Gasteiger partial charge in [0.2, 0.25) is 0 Å². The third-order valence-electron chi connectivity index (χ3n) is 6.11. The normalized spacial score (nSPS) is 18.0. The Hall–Kier alpha value is -3.04. The first-order chi connectivity index (χ1) is 15.3. The summed E-state index contributed by atoms with van der Waals surface area (Å²) in [6.45, 7) is 8.20. The van der Waals surface area contributed by atoms with E-state index in [0.717, 1.165) is 87.4 Å². The Labute approximate surface area is 181 Å². The van der Waals surface area contributed by atoms with Crippen molar-refractivity contribution in [2.24, 2.45) is 0 Å². The number of hydrogen-bond acceptors (Lipinski definition) is 9. The van der Waals surface area contributed by atoms with E-state index in [2.05, 4.69) is 46.9 Å². The van der Waals surface area contributed by atoms with Crippen LogP contribution >= 0.6 is 0 Å². The number of aromatic nitrogens is 4. The lowest BCUT2D eigenvalue weighted by Crippen LogP contribution is -2.48. The lowest BCUT2D eigenvalue weighted by atomic mass is 10.3. The predicted molar refractivity (Wildman–Crippen MR) is 122 cm³/mol. The Bertz CT molecular complexity index is 998. The topological polar surface area (TPSA) is 84.8 Å². The van der Waals surface area contributed by atoms with Crippen LogP contribution in [0.15, 0.2) is 42.6 Å². The van der Waals surface area contributed by atoms with Gasteiger partial charge in [0.25, 0.3) is 0 Å². The number of nitrogens with zero attached hydrogens (tertiary/aromatic N) is 8. The van der Waals surface area contributed by atoms with Crippen molar-refractivity contribution in [3.63, 3.8) is 0 Å². The highest BCUT2D eigenvalue weighted by atomic mass is 16.3.